The van der Waals surface area contributed by atoms with E-state index in [1.165, 1.54) is 57.8 Å². The first-order valence-electron chi connectivity index (χ1n) is 12.8. The van der Waals surface area contributed by atoms with Crippen LogP contribution < -0.4 is 0 Å². The van der Waals surface area contributed by atoms with E-state index >= 15 is 0 Å². The zero-order valence-corrected chi connectivity index (χ0v) is 20.3. The summed E-state index contributed by atoms with van der Waals surface area (Å²) in [4.78, 5) is 11.5. The maximum Gasteiger partial charge on any atom is 0.302 e. The van der Waals surface area contributed by atoms with Crippen molar-refractivity contribution in [3.63, 3.8) is 0 Å². The number of hydrogen-bond donors (Lipinski definition) is 0. The highest BCUT2D eigenvalue weighted by molar-refractivity contribution is 5.65. The number of rotatable bonds is 6. The third-order valence-electron chi connectivity index (χ3n) is 9.32. The van der Waals surface area contributed by atoms with Crippen molar-refractivity contribution < 1.29 is 19.0 Å². The predicted molar refractivity (Wildman–Crippen MR) is 122 cm³/mol. The maximum atomic E-state index is 11.5. The summed E-state index contributed by atoms with van der Waals surface area (Å²) < 4.78 is 17.4. The standard InChI is InChI=1S/C27H44O4/c1-20(28)31-19-26(3)12-7-13-27(4)22-11-14-25(2,18-21(22)9-10-23(26)27)15-17-30-24-8-5-6-16-29-24/h18,22-24H,5-17,19H2,1-4H3/t22-,23-,24?,25+,26-,27+/m0/s1. The molecule has 0 aromatic rings. The average Bonchev–Trinajstić information content (AvgIpc) is 2.72. The number of carbonyl (C=O) groups is 1. The molecule has 4 rings (SSSR count). The maximum absolute atomic E-state index is 11.5. The summed E-state index contributed by atoms with van der Waals surface area (Å²) in [6.45, 7) is 11.1. The minimum absolute atomic E-state index is 0.0211. The quantitative estimate of drug-likeness (QED) is 0.358. The van der Waals surface area contributed by atoms with Gasteiger partial charge in [0.1, 0.15) is 0 Å². The first kappa shape index (κ1) is 23.3. The molecule has 0 aromatic carbocycles. The molecule has 1 aliphatic heterocycles. The fraction of sp³-hybridized carbons (Fsp3) is 0.889. The highest BCUT2D eigenvalue weighted by atomic mass is 16.7. The molecule has 176 valence electrons. The molecule has 3 fully saturated rings. The second-order valence-electron chi connectivity index (χ2n) is 11.8. The van der Waals surface area contributed by atoms with Gasteiger partial charge in [-0.3, -0.25) is 4.79 Å². The van der Waals surface area contributed by atoms with Crippen molar-refractivity contribution in [2.24, 2.45) is 28.1 Å². The Morgan fingerprint density at radius 2 is 1.94 bits per heavy atom. The Balaban J connectivity index is 1.42. The molecule has 2 saturated carbocycles. The predicted octanol–water partition coefficient (Wildman–Crippen LogP) is 6.43. The molecule has 4 nitrogen and oxygen atoms in total. The van der Waals surface area contributed by atoms with Gasteiger partial charge in [0.05, 0.1) is 13.2 Å². The molecule has 4 heteroatoms. The van der Waals surface area contributed by atoms with Crippen molar-refractivity contribution in [2.45, 2.75) is 105 Å². The fourth-order valence-electron chi connectivity index (χ4n) is 7.61. The number of carbonyl (C=O) groups excluding carboxylic acids is 1. The smallest absolute Gasteiger partial charge is 0.302 e. The zero-order chi connectivity index (χ0) is 22.1. The van der Waals surface area contributed by atoms with Crippen LogP contribution in [0.5, 0.6) is 0 Å². The first-order valence-corrected chi connectivity index (χ1v) is 12.8. The van der Waals surface area contributed by atoms with Crippen LogP contribution in [0.25, 0.3) is 0 Å². The van der Waals surface area contributed by atoms with Crippen molar-refractivity contribution in [3.8, 4) is 0 Å². The molecule has 0 aromatic heterocycles. The van der Waals surface area contributed by atoms with E-state index in [-0.39, 0.29) is 23.1 Å². The van der Waals surface area contributed by atoms with E-state index < -0.39 is 0 Å². The van der Waals surface area contributed by atoms with Crippen molar-refractivity contribution in [1.29, 1.82) is 0 Å². The number of esters is 1. The van der Waals surface area contributed by atoms with E-state index in [2.05, 4.69) is 26.8 Å². The fourth-order valence-corrected chi connectivity index (χ4v) is 7.61. The second kappa shape index (κ2) is 9.17. The number of hydrogen-bond acceptors (Lipinski definition) is 4. The van der Waals surface area contributed by atoms with Gasteiger partial charge in [-0.05, 0) is 86.9 Å². The van der Waals surface area contributed by atoms with Crippen LogP contribution in [0.2, 0.25) is 0 Å². The highest BCUT2D eigenvalue weighted by Crippen LogP contribution is 2.64. The summed E-state index contributed by atoms with van der Waals surface area (Å²) in [5.41, 5.74) is 2.42. The monoisotopic (exact) mass is 432 g/mol. The van der Waals surface area contributed by atoms with Gasteiger partial charge in [0.2, 0.25) is 0 Å². The minimum atomic E-state index is -0.140. The number of allylic oxidation sites excluding steroid dienone is 2. The summed E-state index contributed by atoms with van der Waals surface area (Å²) >= 11 is 0. The Labute approximate surface area is 189 Å². The van der Waals surface area contributed by atoms with Crippen LogP contribution in [0.4, 0.5) is 0 Å². The third-order valence-corrected chi connectivity index (χ3v) is 9.32. The van der Waals surface area contributed by atoms with Crippen molar-refractivity contribution in [2.75, 3.05) is 19.8 Å². The molecule has 31 heavy (non-hydrogen) atoms. The third kappa shape index (κ3) is 4.90. The topological polar surface area (TPSA) is 44.8 Å². The van der Waals surface area contributed by atoms with Gasteiger partial charge in [-0.25, -0.2) is 0 Å². The van der Waals surface area contributed by atoms with Gasteiger partial charge in [0, 0.05) is 18.9 Å². The van der Waals surface area contributed by atoms with E-state index in [4.69, 9.17) is 14.2 Å². The molecule has 0 amide bonds. The Morgan fingerprint density at radius 3 is 2.68 bits per heavy atom. The number of ether oxygens (including phenoxy) is 3. The van der Waals surface area contributed by atoms with Crippen LogP contribution in [0.3, 0.4) is 0 Å². The van der Waals surface area contributed by atoms with Crippen LogP contribution in [0.1, 0.15) is 98.3 Å². The van der Waals surface area contributed by atoms with E-state index in [0.29, 0.717) is 23.9 Å². The van der Waals surface area contributed by atoms with Gasteiger partial charge >= 0.3 is 5.97 Å². The van der Waals surface area contributed by atoms with Crippen LogP contribution >= 0.6 is 0 Å². The lowest BCUT2D eigenvalue weighted by molar-refractivity contribution is -0.165. The van der Waals surface area contributed by atoms with E-state index in [0.717, 1.165) is 26.1 Å². The van der Waals surface area contributed by atoms with Crippen molar-refractivity contribution in [3.05, 3.63) is 11.6 Å². The normalized spacial score (nSPS) is 42.8. The summed E-state index contributed by atoms with van der Waals surface area (Å²) in [7, 11) is 0. The van der Waals surface area contributed by atoms with Gasteiger partial charge in [-0.1, -0.05) is 38.8 Å². The molecular formula is C27H44O4. The van der Waals surface area contributed by atoms with Crippen LogP contribution in [0.15, 0.2) is 11.6 Å². The summed E-state index contributed by atoms with van der Waals surface area (Å²) in [5, 5.41) is 0. The van der Waals surface area contributed by atoms with Gasteiger partial charge in [0.15, 0.2) is 6.29 Å². The Kier molecular flexibility index (Phi) is 6.89. The molecule has 1 saturated heterocycles. The van der Waals surface area contributed by atoms with Gasteiger partial charge < -0.3 is 14.2 Å². The minimum Gasteiger partial charge on any atom is -0.465 e. The second-order valence-corrected chi connectivity index (χ2v) is 11.8. The largest absolute Gasteiger partial charge is 0.465 e. The van der Waals surface area contributed by atoms with Gasteiger partial charge in [0.25, 0.3) is 0 Å². The van der Waals surface area contributed by atoms with Gasteiger partial charge in [-0.15, -0.1) is 0 Å². The van der Waals surface area contributed by atoms with E-state index in [9.17, 15) is 4.79 Å². The van der Waals surface area contributed by atoms with Crippen molar-refractivity contribution >= 4 is 5.97 Å². The lowest BCUT2D eigenvalue weighted by Gasteiger charge is -2.60. The molecule has 3 aliphatic carbocycles. The van der Waals surface area contributed by atoms with Crippen LogP contribution in [-0.2, 0) is 19.0 Å². The summed E-state index contributed by atoms with van der Waals surface area (Å²) in [5.74, 6) is 1.20. The van der Waals surface area contributed by atoms with Crippen LogP contribution in [-0.4, -0.2) is 32.1 Å². The molecule has 0 N–H and O–H groups in total. The van der Waals surface area contributed by atoms with Gasteiger partial charge in [-0.2, -0.15) is 0 Å². The summed E-state index contributed by atoms with van der Waals surface area (Å²) in [6.07, 6.45) is 15.9. The van der Waals surface area contributed by atoms with E-state index in [1.54, 1.807) is 12.5 Å². The molecule has 6 atom stereocenters. The average molecular weight is 433 g/mol. The molecular weight excluding hydrogens is 388 g/mol. The molecule has 1 unspecified atom stereocenters. The molecule has 0 spiro atoms. The first-order chi connectivity index (χ1) is 14.7. The molecule has 4 aliphatic rings. The Bertz CT molecular complexity index is 681. The van der Waals surface area contributed by atoms with Crippen LogP contribution in [0, 0.1) is 28.1 Å². The summed E-state index contributed by atoms with van der Waals surface area (Å²) in [6, 6.07) is 0. The Hall–Kier alpha value is -0.870. The molecule has 0 bridgehead atoms. The number of fused-ring (bicyclic) bond motifs is 3. The van der Waals surface area contributed by atoms with Crippen molar-refractivity contribution in [1.82, 2.24) is 0 Å². The molecule has 0 radical (unpaired) electrons. The lowest BCUT2D eigenvalue weighted by Crippen LogP contribution is -2.53. The molecule has 1 heterocycles. The zero-order valence-electron chi connectivity index (χ0n) is 20.3. The lowest BCUT2D eigenvalue weighted by atomic mass is 9.45. The highest BCUT2D eigenvalue weighted by Gasteiger charge is 2.56. The van der Waals surface area contributed by atoms with E-state index in [1.807, 2.05) is 0 Å². The Morgan fingerprint density at radius 1 is 1.10 bits per heavy atom. The SMILES string of the molecule is CC(=O)OC[C@]1(C)CCC[C@]2(C)[C@H]3CC[C@](C)(CCOC4CCCCO4)C=C3CC[C@@H]12.